The maximum Gasteiger partial charge on any atom is 0.266 e. The van der Waals surface area contributed by atoms with E-state index in [-0.39, 0.29) is 5.91 Å². The van der Waals surface area contributed by atoms with Crippen molar-refractivity contribution >= 4 is 51.9 Å². The molecule has 0 radical (unpaired) electrons. The first-order valence-corrected chi connectivity index (χ1v) is 11.5. The molecular formula is C24H20ClNO4S2. The van der Waals surface area contributed by atoms with Crippen molar-refractivity contribution in [3.05, 3.63) is 87.7 Å². The zero-order valence-electron chi connectivity index (χ0n) is 17.2. The van der Waals surface area contributed by atoms with Crippen LogP contribution in [0.5, 0.6) is 11.5 Å². The van der Waals surface area contributed by atoms with E-state index >= 15 is 0 Å². The maximum absolute atomic E-state index is 12.9. The summed E-state index contributed by atoms with van der Waals surface area (Å²) in [6.07, 6.45) is 3.40. The minimum absolute atomic E-state index is 0.144. The fraction of sp³-hybridized carbons (Fsp3) is 0.167. The summed E-state index contributed by atoms with van der Waals surface area (Å²) < 4.78 is 17.5. The molecule has 0 unspecified atom stereocenters. The number of hydrogen-bond acceptors (Lipinski definition) is 6. The summed E-state index contributed by atoms with van der Waals surface area (Å²) in [6.45, 7) is 3.04. The van der Waals surface area contributed by atoms with Gasteiger partial charge in [-0.05, 0) is 61.5 Å². The van der Waals surface area contributed by atoms with E-state index in [0.29, 0.717) is 45.5 Å². The maximum atomic E-state index is 12.9. The van der Waals surface area contributed by atoms with Crippen LogP contribution in [0.2, 0.25) is 5.02 Å². The van der Waals surface area contributed by atoms with Gasteiger partial charge in [0.15, 0.2) is 0 Å². The Morgan fingerprint density at radius 2 is 1.91 bits per heavy atom. The number of benzene rings is 2. The van der Waals surface area contributed by atoms with E-state index in [2.05, 4.69) is 0 Å². The van der Waals surface area contributed by atoms with Gasteiger partial charge >= 0.3 is 0 Å². The van der Waals surface area contributed by atoms with Crippen LogP contribution in [0.4, 0.5) is 0 Å². The van der Waals surface area contributed by atoms with E-state index < -0.39 is 0 Å². The predicted octanol–water partition coefficient (Wildman–Crippen LogP) is 6.10. The molecule has 164 valence electrons. The van der Waals surface area contributed by atoms with E-state index in [4.69, 9.17) is 37.7 Å². The van der Waals surface area contributed by atoms with Crippen LogP contribution < -0.4 is 9.47 Å². The van der Waals surface area contributed by atoms with Gasteiger partial charge in [0.05, 0.1) is 17.7 Å². The number of carbonyl (C=O) groups excluding carboxylic acids is 1. The third-order valence-corrected chi connectivity index (χ3v) is 6.27. The van der Waals surface area contributed by atoms with Gasteiger partial charge in [-0.3, -0.25) is 9.69 Å². The topological polar surface area (TPSA) is 51.9 Å². The number of furan rings is 1. The van der Waals surface area contributed by atoms with Crippen molar-refractivity contribution in [1.29, 1.82) is 0 Å². The van der Waals surface area contributed by atoms with Crippen molar-refractivity contribution < 1.29 is 18.7 Å². The molecule has 1 aromatic heterocycles. The monoisotopic (exact) mass is 485 g/mol. The number of amides is 1. The van der Waals surface area contributed by atoms with Gasteiger partial charge in [0, 0.05) is 10.6 Å². The first-order valence-electron chi connectivity index (χ1n) is 9.89. The lowest BCUT2D eigenvalue weighted by Crippen LogP contribution is -2.27. The summed E-state index contributed by atoms with van der Waals surface area (Å²) >= 11 is 12.6. The molecule has 0 aliphatic carbocycles. The van der Waals surface area contributed by atoms with E-state index in [1.807, 2.05) is 49.4 Å². The smallest absolute Gasteiger partial charge is 0.266 e. The van der Waals surface area contributed by atoms with Crippen molar-refractivity contribution in [1.82, 2.24) is 4.90 Å². The number of halogens is 1. The van der Waals surface area contributed by atoms with Gasteiger partial charge < -0.3 is 13.9 Å². The van der Waals surface area contributed by atoms with Crippen LogP contribution in [0.3, 0.4) is 0 Å². The van der Waals surface area contributed by atoms with Crippen LogP contribution in [0.25, 0.3) is 6.08 Å². The van der Waals surface area contributed by atoms with E-state index in [0.717, 1.165) is 16.9 Å². The number of ether oxygens (including phenoxy) is 2. The minimum atomic E-state index is -0.144. The Morgan fingerprint density at radius 3 is 2.66 bits per heavy atom. The summed E-state index contributed by atoms with van der Waals surface area (Å²) in [4.78, 5) is 15.0. The molecule has 1 fully saturated rings. The molecule has 0 N–H and O–H groups in total. The van der Waals surface area contributed by atoms with Crippen LogP contribution in [0.15, 0.2) is 70.2 Å². The van der Waals surface area contributed by atoms with Gasteiger partial charge in [0.25, 0.3) is 5.91 Å². The zero-order chi connectivity index (χ0) is 22.5. The lowest BCUT2D eigenvalue weighted by atomic mass is 10.1. The Balaban J connectivity index is 1.43. The molecule has 1 amide bonds. The van der Waals surface area contributed by atoms with Crippen LogP contribution in [-0.2, 0) is 11.3 Å². The fourth-order valence-corrected chi connectivity index (χ4v) is 4.46. The molecule has 0 atom stereocenters. The lowest BCUT2D eigenvalue weighted by Gasteiger charge is -2.13. The number of thioether (sulfide) groups is 1. The number of hydrogen-bond donors (Lipinski definition) is 0. The molecular weight excluding hydrogens is 466 g/mol. The third kappa shape index (κ3) is 5.54. The second-order valence-electron chi connectivity index (χ2n) is 7.04. The molecule has 0 bridgehead atoms. The molecule has 1 aliphatic rings. The standard InChI is InChI=1S/C24H20ClNO4S2/c1-16-4-9-21(30-12-11-29-19-7-5-18(25)6-8-19)17(13-16)14-22-23(27)26(24(31)32-22)15-20-3-2-10-28-20/h2-10,13-14H,11-12,15H2,1H3. The van der Waals surface area contributed by atoms with Gasteiger partial charge in [-0.15, -0.1) is 0 Å². The lowest BCUT2D eigenvalue weighted by molar-refractivity contribution is -0.122. The molecule has 2 aromatic carbocycles. The number of aryl methyl sites for hydroxylation is 1. The number of nitrogens with zero attached hydrogens (tertiary/aromatic N) is 1. The highest BCUT2D eigenvalue weighted by Crippen LogP contribution is 2.35. The highest BCUT2D eigenvalue weighted by atomic mass is 35.5. The molecule has 1 aliphatic heterocycles. The largest absolute Gasteiger partial charge is 0.490 e. The second-order valence-corrected chi connectivity index (χ2v) is 9.15. The molecule has 4 rings (SSSR count). The predicted molar refractivity (Wildman–Crippen MR) is 131 cm³/mol. The SMILES string of the molecule is Cc1ccc(OCCOc2ccc(Cl)cc2)c(C=C2SC(=S)N(Cc3ccco3)C2=O)c1. The quantitative estimate of drug-likeness (QED) is 0.218. The van der Waals surface area contributed by atoms with Crippen LogP contribution in [0.1, 0.15) is 16.9 Å². The van der Waals surface area contributed by atoms with Gasteiger partial charge in [-0.1, -0.05) is 47.2 Å². The molecule has 2 heterocycles. The molecule has 3 aromatic rings. The highest BCUT2D eigenvalue weighted by molar-refractivity contribution is 8.26. The Bertz CT molecular complexity index is 1140. The molecule has 5 nitrogen and oxygen atoms in total. The minimum Gasteiger partial charge on any atom is -0.490 e. The summed E-state index contributed by atoms with van der Waals surface area (Å²) in [5.74, 6) is 1.94. The Hall–Kier alpha value is -2.74. The molecule has 0 saturated carbocycles. The molecule has 1 saturated heterocycles. The zero-order valence-corrected chi connectivity index (χ0v) is 19.6. The van der Waals surface area contributed by atoms with Crippen molar-refractivity contribution in [2.75, 3.05) is 13.2 Å². The van der Waals surface area contributed by atoms with Gasteiger partial charge in [-0.2, -0.15) is 0 Å². The summed E-state index contributed by atoms with van der Waals surface area (Å²) in [5, 5.41) is 0.660. The van der Waals surface area contributed by atoms with Gasteiger partial charge in [0.1, 0.15) is 34.8 Å². The second kappa shape index (κ2) is 10.3. The summed E-state index contributed by atoms with van der Waals surface area (Å²) in [5.41, 5.74) is 1.88. The average molecular weight is 486 g/mol. The van der Waals surface area contributed by atoms with E-state index in [1.165, 1.54) is 11.8 Å². The molecule has 0 spiro atoms. The first kappa shape index (κ1) is 22.5. The van der Waals surface area contributed by atoms with E-state index in [1.54, 1.807) is 29.4 Å². The Kier molecular flexibility index (Phi) is 7.19. The average Bonchev–Trinajstić information content (AvgIpc) is 3.38. The summed E-state index contributed by atoms with van der Waals surface area (Å²) in [7, 11) is 0. The normalized spacial score (nSPS) is 14.9. The van der Waals surface area contributed by atoms with Crippen LogP contribution >= 0.6 is 35.6 Å². The first-order chi connectivity index (χ1) is 15.5. The molecule has 8 heteroatoms. The number of rotatable bonds is 8. The number of thiocarbonyl (C=S) groups is 1. The van der Waals surface area contributed by atoms with Crippen LogP contribution in [0, 0.1) is 6.92 Å². The number of carbonyl (C=O) groups is 1. The van der Waals surface area contributed by atoms with Gasteiger partial charge in [0.2, 0.25) is 0 Å². The van der Waals surface area contributed by atoms with E-state index in [9.17, 15) is 4.79 Å². The van der Waals surface area contributed by atoms with Gasteiger partial charge in [-0.25, -0.2) is 0 Å². The van der Waals surface area contributed by atoms with Crippen molar-refractivity contribution in [2.24, 2.45) is 0 Å². The molecule has 32 heavy (non-hydrogen) atoms. The summed E-state index contributed by atoms with van der Waals surface area (Å²) in [6, 6.07) is 16.6. The third-order valence-electron chi connectivity index (χ3n) is 4.64. The van der Waals surface area contributed by atoms with Crippen molar-refractivity contribution in [2.45, 2.75) is 13.5 Å². The van der Waals surface area contributed by atoms with Crippen molar-refractivity contribution in [3.8, 4) is 11.5 Å². The van der Waals surface area contributed by atoms with Crippen LogP contribution in [-0.4, -0.2) is 28.3 Å². The fourth-order valence-electron chi connectivity index (χ4n) is 3.09. The van der Waals surface area contributed by atoms with Crippen molar-refractivity contribution in [3.63, 3.8) is 0 Å². The Morgan fingerprint density at radius 1 is 1.12 bits per heavy atom. The highest BCUT2D eigenvalue weighted by Gasteiger charge is 2.32. The Labute approximate surface area is 200 Å².